The first-order chi connectivity index (χ1) is 17.6. The third kappa shape index (κ3) is 7.71. The predicted molar refractivity (Wildman–Crippen MR) is 126 cm³/mol. The fourth-order valence-electron chi connectivity index (χ4n) is 3.56. The number of carboxylic acids is 1. The molecule has 1 unspecified atom stereocenters. The number of aromatic nitrogens is 2. The Labute approximate surface area is 210 Å². The molecule has 2 aromatic carbocycles. The van der Waals surface area contributed by atoms with Crippen LogP contribution in [-0.4, -0.2) is 60.3 Å². The van der Waals surface area contributed by atoms with Crippen molar-refractivity contribution < 1.29 is 42.1 Å². The van der Waals surface area contributed by atoms with Gasteiger partial charge in [-0.1, -0.05) is 30.3 Å². The summed E-state index contributed by atoms with van der Waals surface area (Å²) < 4.78 is 50.1. The predicted octanol–water partition coefficient (Wildman–Crippen LogP) is 3.63. The van der Waals surface area contributed by atoms with E-state index in [0.29, 0.717) is 36.8 Å². The zero-order valence-electron chi connectivity index (χ0n) is 20.1. The number of ether oxygens (including phenoxy) is 3. The molecule has 9 nitrogen and oxygen atoms in total. The molecule has 1 aromatic heterocycles. The second-order valence-electron chi connectivity index (χ2n) is 7.95. The van der Waals surface area contributed by atoms with Gasteiger partial charge in [-0.3, -0.25) is 9.48 Å². The second kappa shape index (κ2) is 12.3. The summed E-state index contributed by atoms with van der Waals surface area (Å²) in [4.78, 5) is 21.6. The van der Waals surface area contributed by atoms with E-state index >= 15 is 0 Å². The first-order valence-electron chi connectivity index (χ1n) is 11.1. The fraction of sp³-hybridized carbons (Fsp3) is 0.320. The largest absolute Gasteiger partial charge is 0.497 e. The summed E-state index contributed by atoms with van der Waals surface area (Å²) in [5.41, 5.74) is 3.71. The zero-order valence-corrected chi connectivity index (χ0v) is 20.1. The van der Waals surface area contributed by atoms with Gasteiger partial charge in [0.25, 0.3) is 5.91 Å². The van der Waals surface area contributed by atoms with Crippen LogP contribution in [0.2, 0.25) is 0 Å². The summed E-state index contributed by atoms with van der Waals surface area (Å²) in [5, 5.41) is 14.8. The van der Waals surface area contributed by atoms with Crippen molar-refractivity contribution in [2.24, 2.45) is 0 Å². The Kier molecular flexibility index (Phi) is 9.12. The molecule has 0 aliphatic carbocycles. The van der Waals surface area contributed by atoms with Crippen LogP contribution in [0.15, 0.2) is 54.7 Å². The molecule has 1 atom stereocenters. The molecule has 3 aromatic rings. The SMILES string of the molecule is COc1cc(OC)cc(C(=O)NCC2OCCc3cn(Cc4ccccc4)nc32)c1.O=C(O)C(F)(F)F. The molecular weight excluding hydrogens is 495 g/mol. The van der Waals surface area contributed by atoms with Crippen LogP contribution < -0.4 is 14.8 Å². The smallest absolute Gasteiger partial charge is 0.490 e. The number of carbonyl (C=O) groups excluding carboxylic acids is 1. The summed E-state index contributed by atoms with van der Waals surface area (Å²) in [6, 6.07) is 15.3. The standard InChI is InChI=1S/C23H25N3O4.C2HF3O2/c1-28-19-10-18(11-20(12-19)29-2)23(27)24-13-21-22-17(8-9-30-21)15-26(25-22)14-16-6-4-3-5-7-16;3-2(4,5)1(6)7/h3-7,10-12,15,21H,8-9,13-14H2,1-2H3,(H,24,27);(H,6,7). The number of carboxylic acid groups (broad SMARTS) is 1. The maximum atomic E-state index is 12.7. The molecule has 37 heavy (non-hydrogen) atoms. The number of alkyl halides is 3. The number of benzene rings is 2. The lowest BCUT2D eigenvalue weighted by atomic mass is 10.1. The van der Waals surface area contributed by atoms with Gasteiger partial charge in [0.05, 0.1) is 33.1 Å². The Morgan fingerprint density at radius 2 is 1.76 bits per heavy atom. The highest BCUT2D eigenvalue weighted by Crippen LogP contribution is 2.26. The van der Waals surface area contributed by atoms with Crippen LogP contribution in [0.25, 0.3) is 0 Å². The van der Waals surface area contributed by atoms with Crippen molar-refractivity contribution in [2.75, 3.05) is 27.4 Å². The maximum Gasteiger partial charge on any atom is 0.490 e. The second-order valence-corrected chi connectivity index (χ2v) is 7.95. The summed E-state index contributed by atoms with van der Waals surface area (Å²) in [5.74, 6) is -1.84. The van der Waals surface area contributed by atoms with Crippen molar-refractivity contribution in [1.29, 1.82) is 0 Å². The van der Waals surface area contributed by atoms with Gasteiger partial charge in [0.2, 0.25) is 0 Å². The van der Waals surface area contributed by atoms with E-state index in [9.17, 15) is 18.0 Å². The minimum atomic E-state index is -5.08. The minimum absolute atomic E-state index is 0.216. The van der Waals surface area contributed by atoms with E-state index < -0.39 is 12.1 Å². The molecule has 12 heteroatoms. The topological polar surface area (TPSA) is 112 Å². The number of hydrogen-bond acceptors (Lipinski definition) is 6. The molecule has 4 rings (SSSR count). The molecule has 0 saturated carbocycles. The number of rotatable bonds is 7. The fourth-order valence-corrected chi connectivity index (χ4v) is 3.56. The highest BCUT2D eigenvalue weighted by molar-refractivity contribution is 5.95. The van der Waals surface area contributed by atoms with Gasteiger partial charge in [0.1, 0.15) is 17.6 Å². The van der Waals surface area contributed by atoms with E-state index in [-0.39, 0.29) is 12.0 Å². The van der Waals surface area contributed by atoms with Crippen molar-refractivity contribution in [1.82, 2.24) is 15.1 Å². The highest BCUT2D eigenvalue weighted by atomic mass is 19.4. The third-order valence-electron chi connectivity index (χ3n) is 5.36. The van der Waals surface area contributed by atoms with Crippen molar-refractivity contribution in [2.45, 2.75) is 25.2 Å². The van der Waals surface area contributed by atoms with Gasteiger partial charge < -0.3 is 24.6 Å². The number of fused-ring (bicyclic) bond motifs is 1. The van der Waals surface area contributed by atoms with Gasteiger partial charge in [-0.05, 0) is 29.7 Å². The molecule has 1 amide bonds. The van der Waals surface area contributed by atoms with E-state index in [1.165, 1.54) is 11.1 Å². The van der Waals surface area contributed by atoms with Gasteiger partial charge in [0.15, 0.2) is 0 Å². The third-order valence-corrected chi connectivity index (χ3v) is 5.36. The van der Waals surface area contributed by atoms with Crippen LogP contribution in [0, 0.1) is 0 Å². The van der Waals surface area contributed by atoms with E-state index in [4.69, 9.17) is 29.2 Å². The number of nitrogens with one attached hydrogen (secondary N) is 1. The number of methoxy groups -OCH3 is 2. The molecule has 1 aliphatic heterocycles. The van der Waals surface area contributed by atoms with Crippen LogP contribution in [0.3, 0.4) is 0 Å². The number of amides is 1. The average Bonchev–Trinajstić information content (AvgIpc) is 3.30. The number of nitrogens with zero attached hydrogens (tertiary/aromatic N) is 2. The number of aliphatic carboxylic acids is 1. The Hall–Kier alpha value is -4.06. The quantitative estimate of drug-likeness (QED) is 0.489. The molecule has 198 valence electrons. The normalized spacial score (nSPS) is 14.6. The summed E-state index contributed by atoms with van der Waals surface area (Å²) in [7, 11) is 3.11. The summed E-state index contributed by atoms with van der Waals surface area (Å²) in [6.45, 7) is 1.65. The van der Waals surface area contributed by atoms with Gasteiger partial charge in [0, 0.05) is 24.4 Å². The minimum Gasteiger partial charge on any atom is -0.497 e. The number of halogens is 3. The highest BCUT2D eigenvalue weighted by Gasteiger charge is 2.38. The van der Waals surface area contributed by atoms with Gasteiger partial charge in [-0.25, -0.2) is 4.79 Å². The molecular formula is C25H26F3N3O6. The van der Waals surface area contributed by atoms with Crippen LogP contribution >= 0.6 is 0 Å². The molecule has 0 fully saturated rings. The van der Waals surface area contributed by atoms with E-state index in [1.54, 1.807) is 32.4 Å². The Balaban J connectivity index is 0.000000479. The Bertz CT molecular complexity index is 1190. The van der Waals surface area contributed by atoms with E-state index in [2.05, 4.69) is 23.6 Å². The number of carbonyl (C=O) groups is 2. The van der Waals surface area contributed by atoms with Crippen molar-refractivity contribution in [3.05, 3.63) is 77.1 Å². The molecule has 0 spiro atoms. The van der Waals surface area contributed by atoms with Crippen LogP contribution in [0.5, 0.6) is 11.5 Å². The molecule has 0 radical (unpaired) electrons. The number of hydrogen-bond donors (Lipinski definition) is 2. The summed E-state index contributed by atoms with van der Waals surface area (Å²) in [6.07, 6.45) is -2.46. The average molecular weight is 521 g/mol. The zero-order chi connectivity index (χ0) is 27.0. The van der Waals surface area contributed by atoms with E-state index in [0.717, 1.165) is 12.1 Å². The monoisotopic (exact) mass is 521 g/mol. The Morgan fingerprint density at radius 3 is 2.32 bits per heavy atom. The first-order valence-corrected chi connectivity index (χ1v) is 11.1. The molecule has 2 heterocycles. The Morgan fingerprint density at radius 1 is 1.14 bits per heavy atom. The van der Waals surface area contributed by atoms with Gasteiger partial charge in [-0.15, -0.1) is 0 Å². The van der Waals surface area contributed by atoms with Crippen molar-refractivity contribution in [3.8, 4) is 11.5 Å². The molecule has 2 N–H and O–H groups in total. The lowest BCUT2D eigenvalue weighted by molar-refractivity contribution is -0.192. The lowest BCUT2D eigenvalue weighted by Crippen LogP contribution is -2.32. The van der Waals surface area contributed by atoms with Crippen LogP contribution in [0.1, 0.15) is 33.3 Å². The molecule has 0 saturated heterocycles. The molecule has 0 bridgehead atoms. The van der Waals surface area contributed by atoms with Gasteiger partial charge in [-0.2, -0.15) is 18.3 Å². The lowest BCUT2D eigenvalue weighted by Gasteiger charge is -2.22. The maximum absolute atomic E-state index is 12.7. The van der Waals surface area contributed by atoms with Crippen molar-refractivity contribution in [3.63, 3.8) is 0 Å². The first kappa shape index (κ1) is 27.5. The van der Waals surface area contributed by atoms with E-state index in [1.807, 2.05) is 22.9 Å². The van der Waals surface area contributed by atoms with Crippen molar-refractivity contribution >= 4 is 11.9 Å². The van der Waals surface area contributed by atoms with Crippen LogP contribution in [0.4, 0.5) is 13.2 Å². The van der Waals surface area contributed by atoms with Gasteiger partial charge >= 0.3 is 12.1 Å². The summed E-state index contributed by atoms with van der Waals surface area (Å²) >= 11 is 0. The molecule has 1 aliphatic rings. The van der Waals surface area contributed by atoms with Crippen LogP contribution in [-0.2, 0) is 22.5 Å².